The first-order valence-corrected chi connectivity index (χ1v) is 6.46. The van der Waals surface area contributed by atoms with Gasteiger partial charge < -0.3 is 4.74 Å². The molecule has 18 heavy (non-hydrogen) atoms. The third-order valence-electron chi connectivity index (χ3n) is 2.98. The molecule has 2 rings (SSSR count). The van der Waals surface area contributed by atoms with Gasteiger partial charge in [-0.15, -0.1) is 0 Å². The second kappa shape index (κ2) is 5.72. The summed E-state index contributed by atoms with van der Waals surface area (Å²) < 4.78 is 5.67. The molecular weight excluding hydrogens is 220 g/mol. The molecule has 0 aromatic heterocycles. The van der Waals surface area contributed by atoms with E-state index in [9.17, 15) is 0 Å². The van der Waals surface area contributed by atoms with E-state index in [1.807, 2.05) is 19.1 Å². The van der Waals surface area contributed by atoms with Crippen molar-refractivity contribution >= 4 is 0 Å². The monoisotopic (exact) mass is 239 g/mol. The van der Waals surface area contributed by atoms with Crippen molar-refractivity contribution in [3.05, 3.63) is 54.1 Å². The van der Waals surface area contributed by atoms with Gasteiger partial charge in [0, 0.05) is 11.6 Å². The fraction of sp³-hybridized carbons (Fsp3) is 0.294. The summed E-state index contributed by atoms with van der Waals surface area (Å²) in [5.74, 6) is 1.34. The van der Waals surface area contributed by atoms with Gasteiger partial charge in [0.25, 0.3) is 0 Å². The van der Waals surface area contributed by atoms with Crippen LogP contribution in [0.15, 0.2) is 42.5 Å². The quantitative estimate of drug-likeness (QED) is 0.753. The lowest BCUT2D eigenvalue weighted by Crippen LogP contribution is -1.97. The van der Waals surface area contributed by atoms with Crippen LogP contribution in [0.25, 0.3) is 11.1 Å². The molecule has 93 valence electrons. The van der Waals surface area contributed by atoms with E-state index in [-0.39, 0.29) is 0 Å². The molecule has 0 atom stereocenters. The Bertz CT molecular complexity index is 515. The van der Waals surface area contributed by atoms with Crippen molar-refractivity contribution in [1.82, 2.24) is 0 Å². The van der Waals surface area contributed by atoms with Crippen LogP contribution < -0.4 is 4.74 Å². The Kier molecular flexibility index (Phi) is 4.03. The van der Waals surface area contributed by atoms with Crippen molar-refractivity contribution in [2.75, 3.05) is 6.61 Å². The minimum absolute atomic E-state index is 0.496. The summed E-state index contributed by atoms with van der Waals surface area (Å²) in [7, 11) is 0. The molecule has 0 fully saturated rings. The minimum Gasteiger partial charge on any atom is -0.493 e. The third-order valence-corrected chi connectivity index (χ3v) is 2.98. The summed E-state index contributed by atoms with van der Waals surface area (Å²) in [6.45, 7) is 7.09. The Balaban J connectivity index is 2.55. The molecule has 2 aromatic carbocycles. The Labute approximate surface area is 109 Å². The number of hydrogen-bond acceptors (Lipinski definition) is 1. The molecular formula is C17H19O. The highest BCUT2D eigenvalue weighted by atomic mass is 16.5. The number of ether oxygens (including phenoxy) is 1. The molecule has 0 aliphatic heterocycles. The van der Waals surface area contributed by atoms with E-state index in [1.165, 1.54) is 11.1 Å². The van der Waals surface area contributed by atoms with Gasteiger partial charge in [-0.3, -0.25) is 0 Å². The third kappa shape index (κ3) is 2.56. The summed E-state index contributed by atoms with van der Waals surface area (Å²) in [6.07, 6.45) is 0. The van der Waals surface area contributed by atoms with Crippen molar-refractivity contribution in [2.45, 2.75) is 26.7 Å². The summed E-state index contributed by atoms with van der Waals surface area (Å²) in [4.78, 5) is 0. The number of benzene rings is 2. The first-order chi connectivity index (χ1) is 8.74. The molecule has 0 bridgehead atoms. The molecule has 0 aliphatic carbocycles. The maximum Gasteiger partial charge on any atom is 0.135 e. The van der Waals surface area contributed by atoms with Crippen molar-refractivity contribution in [3.8, 4) is 16.9 Å². The largest absolute Gasteiger partial charge is 0.493 e. The molecule has 1 nitrogen and oxygen atoms in total. The van der Waals surface area contributed by atoms with E-state index < -0.39 is 0 Å². The number of para-hydroxylation sites is 1. The standard InChI is InChI=1S/C17H19O/c1-4-18-17-12-8-7-11-16(17)15-10-6-5-9-14(15)13(2)3/h5-11,13H,4H2,1-3H3. The predicted molar refractivity (Wildman–Crippen MR) is 76.0 cm³/mol. The molecule has 0 saturated carbocycles. The molecule has 0 amide bonds. The van der Waals surface area contributed by atoms with Crippen LogP contribution in [-0.4, -0.2) is 6.61 Å². The molecule has 0 saturated heterocycles. The lowest BCUT2D eigenvalue weighted by Gasteiger charge is -2.15. The highest BCUT2D eigenvalue weighted by Gasteiger charge is 2.11. The van der Waals surface area contributed by atoms with E-state index in [2.05, 4.69) is 50.2 Å². The summed E-state index contributed by atoms with van der Waals surface area (Å²) >= 11 is 0. The Morgan fingerprint density at radius 2 is 1.78 bits per heavy atom. The van der Waals surface area contributed by atoms with Crippen LogP contribution >= 0.6 is 0 Å². The summed E-state index contributed by atoms with van der Waals surface area (Å²) in [5.41, 5.74) is 3.72. The van der Waals surface area contributed by atoms with Gasteiger partial charge in [0.15, 0.2) is 0 Å². The Morgan fingerprint density at radius 1 is 1.06 bits per heavy atom. The van der Waals surface area contributed by atoms with E-state index in [4.69, 9.17) is 4.74 Å². The normalized spacial score (nSPS) is 10.7. The molecule has 0 spiro atoms. The van der Waals surface area contributed by atoms with E-state index in [0.29, 0.717) is 12.5 Å². The predicted octanol–water partition coefficient (Wildman–Crippen LogP) is 4.68. The van der Waals surface area contributed by atoms with Gasteiger partial charge in [0.2, 0.25) is 0 Å². The molecule has 0 heterocycles. The van der Waals surface area contributed by atoms with Crippen molar-refractivity contribution in [3.63, 3.8) is 0 Å². The van der Waals surface area contributed by atoms with Gasteiger partial charge >= 0.3 is 0 Å². The maximum absolute atomic E-state index is 5.67. The second-order valence-corrected chi connectivity index (χ2v) is 4.59. The maximum atomic E-state index is 5.67. The number of rotatable bonds is 4. The lowest BCUT2D eigenvalue weighted by molar-refractivity contribution is 0.341. The van der Waals surface area contributed by atoms with Gasteiger partial charge in [0.1, 0.15) is 5.75 Å². The van der Waals surface area contributed by atoms with Gasteiger partial charge in [-0.25, -0.2) is 0 Å². The molecule has 2 aromatic rings. The van der Waals surface area contributed by atoms with Gasteiger partial charge in [0.05, 0.1) is 6.61 Å². The average Bonchev–Trinajstić information content (AvgIpc) is 2.40. The van der Waals surface area contributed by atoms with Crippen molar-refractivity contribution < 1.29 is 4.74 Å². The Hall–Kier alpha value is -1.76. The highest BCUT2D eigenvalue weighted by molar-refractivity contribution is 5.73. The average molecular weight is 239 g/mol. The SMILES string of the molecule is CCOc1[c]cccc1-c1ccccc1C(C)C. The Morgan fingerprint density at radius 3 is 2.50 bits per heavy atom. The van der Waals surface area contributed by atoms with Crippen LogP contribution in [-0.2, 0) is 0 Å². The summed E-state index contributed by atoms with van der Waals surface area (Å²) in [6, 6.07) is 17.7. The first kappa shape index (κ1) is 12.7. The van der Waals surface area contributed by atoms with E-state index >= 15 is 0 Å². The molecule has 0 N–H and O–H groups in total. The van der Waals surface area contributed by atoms with Crippen LogP contribution in [0.4, 0.5) is 0 Å². The van der Waals surface area contributed by atoms with Gasteiger partial charge in [-0.1, -0.05) is 56.3 Å². The highest BCUT2D eigenvalue weighted by Crippen LogP contribution is 2.34. The van der Waals surface area contributed by atoms with Gasteiger partial charge in [-0.2, -0.15) is 0 Å². The second-order valence-electron chi connectivity index (χ2n) is 4.59. The fourth-order valence-electron chi connectivity index (χ4n) is 2.14. The van der Waals surface area contributed by atoms with Crippen molar-refractivity contribution in [1.29, 1.82) is 0 Å². The minimum atomic E-state index is 0.496. The van der Waals surface area contributed by atoms with Crippen LogP contribution in [0.5, 0.6) is 5.75 Å². The van der Waals surface area contributed by atoms with Crippen LogP contribution in [0.3, 0.4) is 0 Å². The molecule has 0 aliphatic rings. The van der Waals surface area contributed by atoms with Gasteiger partial charge in [-0.05, 0) is 24.0 Å². The molecule has 0 unspecified atom stereocenters. The fourth-order valence-corrected chi connectivity index (χ4v) is 2.14. The zero-order chi connectivity index (χ0) is 13.0. The lowest BCUT2D eigenvalue weighted by atomic mass is 9.92. The molecule has 1 heteroatoms. The smallest absolute Gasteiger partial charge is 0.135 e. The van der Waals surface area contributed by atoms with Crippen LogP contribution in [0, 0.1) is 6.07 Å². The van der Waals surface area contributed by atoms with Crippen molar-refractivity contribution in [2.24, 2.45) is 0 Å². The number of hydrogen-bond donors (Lipinski definition) is 0. The van der Waals surface area contributed by atoms with E-state index in [0.717, 1.165) is 11.3 Å². The van der Waals surface area contributed by atoms with Crippen LogP contribution in [0.2, 0.25) is 0 Å². The summed E-state index contributed by atoms with van der Waals surface area (Å²) in [5, 5.41) is 0. The first-order valence-electron chi connectivity index (χ1n) is 6.46. The van der Waals surface area contributed by atoms with E-state index in [1.54, 1.807) is 0 Å². The topological polar surface area (TPSA) is 9.23 Å². The zero-order valence-electron chi connectivity index (χ0n) is 11.2. The molecule has 1 radical (unpaired) electrons. The zero-order valence-corrected chi connectivity index (χ0v) is 11.2. The van der Waals surface area contributed by atoms with Crippen LogP contribution in [0.1, 0.15) is 32.3 Å².